The van der Waals surface area contributed by atoms with Gasteiger partial charge in [0.1, 0.15) is 5.69 Å². The maximum Gasteiger partial charge on any atom is 0.292 e. The molecule has 0 fully saturated rings. The van der Waals surface area contributed by atoms with Crippen LogP contribution in [0, 0.1) is 10.1 Å². The Bertz CT molecular complexity index is 411. The molecule has 0 radical (unpaired) electrons. The molecule has 0 aliphatic heterocycles. The zero-order valence-electron chi connectivity index (χ0n) is 7.34. The first-order chi connectivity index (χ1) is 6.69. The van der Waals surface area contributed by atoms with Crippen molar-refractivity contribution in [3.05, 3.63) is 38.8 Å². The standard InChI is InChI=1S/C7H7N5O2/c1-9-6-3-2-5(10-11-8)4-7(6)12(13)14/h2-4,9H,1H3. The highest BCUT2D eigenvalue weighted by Gasteiger charge is 2.12. The first-order valence-corrected chi connectivity index (χ1v) is 3.70. The number of hydrogen-bond donors (Lipinski definition) is 1. The molecule has 0 saturated heterocycles. The van der Waals surface area contributed by atoms with Gasteiger partial charge in [0, 0.05) is 23.7 Å². The Kier molecular flexibility index (Phi) is 2.88. The fraction of sp³-hybridized carbons (Fsp3) is 0.143. The van der Waals surface area contributed by atoms with Crippen molar-refractivity contribution in [1.29, 1.82) is 0 Å². The summed E-state index contributed by atoms with van der Waals surface area (Å²) in [5.41, 5.74) is 8.64. The van der Waals surface area contributed by atoms with Gasteiger partial charge in [0.2, 0.25) is 0 Å². The Morgan fingerprint density at radius 2 is 2.36 bits per heavy atom. The van der Waals surface area contributed by atoms with Gasteiger partial charge in [-0.3, -0.25) is 10.1 Å². The van der Waals surface area contributed by atoms with E-state index in [1.807, 2.05) is 0 Å². The van der Waals surface area contributed by atoms with Crippen molar-refractivity contribution in [3.63, 3.8) is 0 Å². The van der Waals surface area contributed by atoms with Crippen molar-refractivity contribution < 1.29 is 4.92 Å². The van der Waals surface area contributed by atoms with Gasteiger partial charge in [0.05, 0.1) is 4.92 Å². The monoisotopic (exact) mass is 193 g/mol. The van der Waals surface area contributed by atoms with Crippen molar-refractivity contribution >= 4 is 17.1 Å². The lowest BCUT2D eigenvalue weighted by Gasteiger charge is -2.01. The van der Waals surface area contributed by atoms with Gasteiger partial charge >= 0.3 is 0 Å². The Morgan fingerprint density at radius 1 is 1.64 bits per heavy atom. The molecule has 0 aromatic heterocycles. The van der Waals surface area contributed by atoms with Crippen LogP contribution < -0.4 is 5.32 Å². The van der Waals surface area contributed by atoms with Crippen LogP contribution in [-0.2, 0) is 0 Å². The predicted molar refractivity (Wildman–Crippen MR) is 51.4 cm³/mol. The Balaban J connectivity index is 3.27. The van der Waals surface area contributed by atoms with E-state index in [1.54, 1.807) is 7.05 Å². The first kappa shape index (κ1) is 9.82. The van der Waals surface area contributed by atoms with Crippen LogP contribution in [-0.4, -0.2) is 12.0 Å². The Labute approximate surface area is 79.1 Å². The first-order valence-electron chi connectivity index (χ1n) is 3.70. The SMILES string of the molecule is CNc1ccc(N=[N+]=[N-])cc1[N+](=O)[O-]. The molecule has 72 valence electrons. The van der Waals surface area contributed by atoms with E-state index in [1.165, 1.54) is 18.2 Å². The molecule has 0 aliphatic carbocycles. The second-order valence-corrected chi connectivity index (χ2v) is 2.40. The number of nitrogens with zero attached hydrogens (tertiary/aromatic N) is 4. The summed E-state index contributed by atoms with van der Waals surface area (Å²) in [6.07, 6.45) is 0. The van der Waals surface area contributed by atoms with Crippen molar-refractivity contribution in [3.8, 4) is 0 Å². The van der Waals surface area contributed by atoms with Crippen molar-refractivity contribution in [2.75, 3.05) is 12.4 Å². The smallest absolute Gasteiger partial charge is 0.292 e. The third-order valence-electron chi connectivity index (χ3n) is 1.61. The van der Waals surface area contributed by atoms with Gasteiger partial charge in [-0.15, -0.1) is 0 Å². The van der Waals surface area contributed by atoms with Crippen LogP contribution in [0.5, 0.6) is 0 Å². The van der Waals surface area contributed by atoms with Crippen LogP contribution in [0.2, 0.25) is 0 Å². The molecule has 14 heavy (non-hydrogen) atoms. The number of azide groups is 1. The average molecular weight is 193 g/mol. The van der Waals surface area contributed by atoms with Crippen LogP contribution in [0.3, 0.4) is 0 Å². The van der Waals surface area contributed by atoms with Gasteiger partial charge in [-0.1, -0.05) is 11.2 Å². The van der Waals surface area contributed by atoms with E-state index >= 15 is 0 Å². The number of rotatable bonds is 3. The summed E-state index contributed by atoms with van der Waals surface area (Å²) >= 11 is 0. The lowest BCUT2D eigenvalue weighted by molar-refractivity contribution is -0.383. The van der Waals surface area contributed by atoms with Gasteiger partial charge in [-0.05, 0) is 11.6 Å². The van der Waals surface area contributed by atoms with Crippen LogP contribution in [0.4, 0.5) is 17.1 Å². The lowest BCUT2D eigenvalue weighted by Crippen LogP contribution is -1.95. The van der Waals surface area contributed by atoms with Gasteiger partial charge < -0.3 is 5.32 Å². The largest absolute Gasteiger partial charge is 0.383 e. The summed E-state index contributed by atoms with van der Waals surface area (Å²) in [5, 5.41) is 16.5. The second-order valence-electron chi connectivity index (χ2n) is 2.40. The maximum atomic E-state index is 10.6. The molecule has 1 aromatic carbocycles. The molecule has 0 unspecified atom stereocenters. The molecular weight excluding hydrogens is 186 g/mol. The summed E-state index contributed by atoms with van der Waals surface area (Å²) in [6, 6.07) is 4.20. The minimum absolute atomic E-state index is 0.114. The van der Waals surface area contributed by atoms with E-state index in [0.29, 0.717) is 5.69 Å². The highest BCUT2D eigenvalue weighted by Crippen LogP contribution is 2.28. The van der Waals surface area contributed by atoms with Crippen molar-refractivity contribution in [1.82, 2.24) is 0 Å². The van der Waals surface area contributed by atoms with E-state index < -0.39 is 4.92 Å². The van der Waals surface area contributed by atoms with Crippen molar-refractivity contribution in [2.24, 2.45) is 5.11 Å². The van der Waals surface area contributed by atoms with Gasteiger partial charge in [-0.25, -0.2) is 0 Å². The van der Waals surface area contributed by atoms with E-state index in [9.17, 15) is 10.1 Å². The molecule has 1 rings (SSSR count). The van der Waals surface area contributed by atoms with Gasteiger partial charge in [-0.2, -0.15) is 0 Å². The molecule has 7 nitrogen and oxygen atoms in total. The number of nitro groups is 1. The van der Waals surface area contributed by atoms with E-state index in [2.05, 4.69) is 15.3 Å². The lowest BCUT2D eigenvalue weighted by atomic mass is 10.2. The molecule has 1 N–H and O–H groups in total. The third-order valence-corrected chi connectivity index (χ3v) is 1.61. The maximum absolute atomic E-state index is 10.6. The highest BCUT2D eigenvalue weighted by atomic mass is 16.6. The van der Waals surface area contributed by atoms with Crippen molar-refractivity contribution in [2.45, 2.75) is 0 Å². The summed E-state index contributed by atoms with van der Waals surface area (Å²) in [5.74, 6) is 0. The number of nitrogens with one attached hydrogen (secondary N) is 1. The van der Waals surface area contributed by atoms with E-state index in [-0.39, 0.29) is 11.4 Å². The number of nitro benzene ring substituents is 1. The number of anilines is 1. The topological polar surface area (TPSA) is 104 Å². The fourth-order valence-electron chi connectivity index (χ4n) is 0.996. The molecule has 1 aromatic rings. The Hall–Kier alpha value is -2.27. The Morgan fingerprint density at radius 3 is 2.86 bits per heavy atom. The molecule has 0 amide bonds. The second kappa shape index (κ2) is 4.11. The van der Waals surface area contributed by atoms with Gasteiger partial charge in [0.15, 0.2) is 0 Å². The highest BCUT2D eigenvalue weighted by molar-refractivity contribution is 5.66. The minimum Gasteiger partial charge on any atom is -0.383 e. The summed E-state index contributed by atoms with van der Waals surface area (Å²) < 4.78 is 0. The minimum atomic E-state index is -0.539. The third kappa shape index (κ3) is 1.90. The van der Waals surface area contributed by atoms with Gasteiger partial charge in [0.25, 0.3) is 5.69 Å². The van der Waals surface area contributed by atoms with Crippen LogP contribution >= 0.6 is 0 Å². The molecule has 7 heteroatoms. The molecule has 0 atom stereocenters. The summed E-state index contributed by atoms with van der Waals surface area (Å²) in [6.45, 7) is 0. The van der Waals surface area contributed by atoms with E-state index in [4.69, 9.17) is 5.53 Å². The molecule has 0 bridgehead atoms. The number of hydrogen-bond acceptors (Lipinski definition) is 4. The zero-order valence-corrected chi connectivity index (χ0v) is 7.34. The van der Waals surface area contributed by atoms with E-state index in [0.717, 1.165) is 0 Å². The molecule has 0 aliphatic rings. The quantitative estimate of drug-likeness (QED) is 0.262. The number of benzene rings is 1. The molecule has 0 heterocycles. The van der Waals surface area contributed by atoms with Crippen LogP contribution in [0.15, 0.2) is 23.3 Å². The molecule has 0 spiro atoms. The molecular formula is C7H7N5O2. The fourth-order valence-corrected chi connectivity index (χ4v) is 0.996. The zero-order chi connectivity index (χ0) is 10.6. The summed E-state index contributed by atoms with van der Waals surface area (Å²) in [7, 11) is 1.58. The predicted octanol–water partition coefficient (Wildman–Crippen LogP) is 2.58. The van der Waals surface area contributed by atoms with Crippen LogP contribution in [0.1, 0.15) is 0 Å². The average Bonchev–Trinajstić information content (AvgIpc) is 2.18. The molecule has 0 saturated carbocycles. The summed E-state index contributed by atoms with van der Waals surface area (Å²) in [4.78, 5) is 12.6. The normalized spacial score (nSPS) is 8.93. The van der Waals surface area contributed by atoms with Crippen LogP contribution in [0.25, 0.3) is 10.4 Å².